The number of hydrogen-bond donors (Lipinski definition) is 1. The van der Waals surface area contributed by atoms with Crippen LogP contribution in [-0.2, 0) is 0 Å². The number of fused-ring (bicyclic) bond motifs is 1. The van der Waals surface area contributed by atoms with Crippen molar-refractivity contribution in [2.45, 2.75) is 13.8 Å². The third kappa shape index (κ3) is 4.51. The zero-order valence-electron chi connectivity index (χ0n) is 16.6. The number of aryl methyl sites for hydroxylation is 2. The van der Waals surface area contributed by atoms with Crippen LogP contribution in [0.5, 0.6) is 0 Å². The summed E-state index contributed by atoms with van der Waals surface area (Å²) in [7, 11) is 0. The summed E-state index contributed by atoms with van der Waals surface area (Å²) in [6.45, 7) is 3.95. The number of halogens is 4. The second-order valence-corrected chi connectivity index (χ2v) is 8.90. The molecule has 0 unspecified atom stereocenters. The maximum absolute atomic E-state index is 13.3. The lowest BCUT2D eigenvalue weighted by Crippen LogP contribution is -2.13. The molecule has 0 bridgehead atoms. The first-order valence-electron chi connectivity index (χ1n) is 9.37. The highest BCUT2D eigenvalue weighted by Crippen LogP contribution is 2.33. The summed E-state index contributed by atoms with van der Waals surface area (Å²) >= 11 is 24.6. The summed E-state index contributed by atoms with van der Waals surface area (Å²) in [5.41, 5.74) is 5.02. The first kappa shape index (κ1) is 21.9. The second kappa shape index (κ2) is 8.68. The number of hydrogen-bond acceptors (Lipinski definition) is 2. The Kier molecular flexibility index (Phi) is 6.14. The SMILES string of the molecule is Cc1cc(C)c2nc(-c3ccc(Cl)cc3Cl)cc(C(=O)Nc3ccc(Cl)c(Cl)c3)c2c1. The predicted molar refractivity (Wildman–Crippen MR) is 131 cm³/mol. The number of aromatic nitrogens is 1. The van der Waals surface area contributed by atoms with Crippen molar-refractivity contribution in [3.05, 3.63) is 91.4 Å². The molecule has 1 amide bonds. The van der Waals surface area contributed by atoms with Gasteiger partial charge in [-0.25, -0.2) is 4.98 Å². The maximum atomic E-state index is 13.3. The van der Waals surface area contributed by atoms with Gasteiger partial charge in [-0.05, 0) is 67.9 Å². The van der Waals surface area contributed by atoms with Gasteiger partial charge in [0, 0.05) is 21.7 Å². The van der Waals surface area contributed by atoms with Crippen molar-refractivity contribution >= 4 is 68.9 Å². The second-order valence-electron chi connectivity index (χ2n) is 7.24. The predicted octanol–water partition coefficient (Wildman–Crippen LogP) is 8.38. The molecular formula is C24H16Cl4N2O. The lowest BCUT2D eigenvalue weighted by Gasteiger charge is -2.14. The molecule has 4 rings (SSSR count). The van der Waals surface area contributed by atoms with Crippen LogP contribution in [-0.4, -0.2) is 10.9 Å². The number of amides is 1. The average Bonchev–Trinajstić information content (AvgIpc) is 2.70. The zero-order valence-corrected chi connectivity index (χ0v) is 19.6. The first-order chi connectivity index (χ1) is 14.7. The number of rotatable bonds is 3. The van der Waals surface area contributed by atoms with Gasteiger partial charge >= 0.3 is 0 Å². The van der Waals surface area contributed by atoms with E-state index in [-0.39, 0.29) is 5.91 Å². The molecule has 0 aliphatic rings. The number of benzene rings is 3. The van der Waals surface area contributed by atoms with Crippen molar-refractivity contribution in [3.8, 4) is 11.3 Å². The number of carbonyl (C=O) groups excluding carboxylic acids is 1. The summed E-state index contributed by atoms with van der Waals surface area (Å²) in [5, 5.41) is 5.41. The van der Waals surface area contributed by atoms with Gasteiger partial charge in [0.1, 0.15) is 0 Å². The number of nitrogens with zero attached hydrogens (tertiary/aromatic N) is 1. The molecule has 31 heavy (non-hydrogen) atoms. The minimum absolute atomic E-state index is 0.290. The van der Waals surface area contributed by atoms with Crippen molar-refractivity contribution in [2.24, 2.45) is 0 Å². The van der Waals surface area contributed by atoms with E-state index in [0.29, 0.717) is 42.6 Å². The fraction of sp³-hybridized carbons (Fsp3) is 0.0833. The van der Waals surface area contributed by atoms with Crippen LogP contribution in [0.4, 0.5) is 5.69 Å². The molecule has 4 aromatic rings. The number of nitrogens with one attached hydrogen (secondary N) is 1. The van der Waals surface area contributed by atoms with Gasteiger partial charge in [-0.15, -0.1) is 0 Å². The zero-order chi connectivity index (χ0) is 22.3. The highest BCUT2D eigenvalue weighted by atomic mass is 35.5. The molecule has 0 fully saturated rings. The standard InChI is InChI=1S/C24H16Cl4N2O/c1-12-7-13(2)23-17(8-12)18(24(31)29-15-4-6-19(26)21(28)10-15)11-22(30-23)16-5-3-14(25)9-20(16)27/h3-11H,1-2H3,(H,29,31). The van der Waals surface area contributed by atoms with Crippen molar-refractivity contribution in [2.75, 3.05) is 5.32 Å². The lowest BCUT2D eigenvalue weighted by molar-refractivity contribution is 0.102. The Balaban J connectivity index is 1.89. The number of carbonyl (C=O) groups is 1. The van der Waals surface area contributed by atoms with Crippen molar-refractivity contribution in [3.63, 3.8) is 0 Å². The third-order valence-electron chi connectivity index (χ3n) is 4.88. The smallest absolute Gasteiger partial charge is 0.256 e. The van der Waals surface area contributed by atoms with Crippen LogP contribution < -0.4 is 5.32 Å². The van der Waals surface area contributed by atoms with Gasteiger partial charge in [0.2, 0.25) is 0 Å². The van der Waals surface area contributed by atoms with Crippen molar-refractivity contribution in [1.29, 1.82) is 0 Å². The fourth-order valence-corrected chi connectivity index (χ4v) is 4.28. The van der Waals surface area contributed by atoms with E-state index in [4.69, 9.17) is 51.4 Å². The quantitative estimate of drug-likeness (QED) is 0.314. The van der Waals surface area contributed by atoms with E-state index in [1.165, 1.54) is 0 Å². The lowest BCUT2D eigenvalue weighted by atomic mass is 9.99. The highest BCUT2D eigenvalue weighted by Gasteiger charge is 2.17. The van der Waals surface area contributed by atoms with E-state index < -0.39 is 0 Å². The molecule has 3 nitrogen and oxygen atoms in total. The molecule has 0 spiro atoms. The largest absolute Gasteiger partial charge is 0.322 e. The molecule has 0 saturated heterocycles. The molecule has 0 saturated carbocycles. The van der Waals surface area contributed by atoms with Gasteiger partial charge in [-0.3, -0.25) is 4.79 Å². The van der Waals surface area contributed by atoms with Crippen LogP contribution in [0.25, 0.3) is 22.2 Å². The van der Waals surface area contributed by atoms with Gasteiger partial charge < -0.3 is 5.32 Å². The molecule has 0 atom stereocenters. The van der Waals surface area contributed by atoms with E-state index in [2.05, 4.69) is 5.32 Å². The van der Waals surface area contributed by atoms with Crippen LogP contribution in [0.2, 0.25) is 20.1 Å². The number of anilines is 1. The van der Waals surface area contributed by atoms with Crippen molar-refractivity contribution < 1.29 is 4.79 Å². The van der Waals surface area contributed by atoms with Crippen LogP contribution in [0, 0.1) is 13.8 Å². The Labute approximate surface area is 199 Å². The van der Waals surface area contributed by atoms with Crippen molar-refractivity contribution in [1.82, 2.24) is 4.98 Å². The Hall–Kier alpha value is -2.30. The summed E-state index contributed by atoms with van der Waals surface area (Å²) in [6.07, 6.45) is 0. The van der Waals surface area contributed by atoms with Gasteiger partial charge in [0.25, 0.3) is 5.91 Å². The van der Waals surface area contributed by atoms with E-state index in [9.17, 15) is 4.79 Å². The molecule has 7 heteroatoms. The minimum atomic E-state index is -0.290. The fourth-order valence-electron chi connectivity index (χ4n) is 3.48. The molecule has 1 N–H and O–H groups in total. The number of pyridine rings is 1. The molecule has 0 radical (unpaired) electrons. The summed E-state index contributed by atoms with van der Waals surface area (Å²) in [4.78, 5) is 18.1. The Morgan fingerprint density at radius 1 is 0.839 bits per heavy atom. The molecule has 0 aliphatic carbocycles. The monoisotopic (exact) mass is 488 g/mol. The third-order valence-corrected chi connectivity index (χ3v) is 6.16. The van der Waals surface area contributed by atoms with Crippen LogP contribution in [0.15, 0.2) is 54.6 Å². The normalized spacial score (nSPS) is 11.0. The molecular weight excluding hydrogens is 474 g/mol. The van der Waals surface area contributed by atoms with Crippen LogP contribution in [0.1, 0.15) is 21.5 Å². The first-order valence-corrected chi connectivity index (χ1v) is 10.9. The Morgan fingerprint density at radius 2 is 1.61 bits per heavy atom. The van der Waals surface area contributed by atoms with E-state index in [0.717, 1.165) is 22.0 Å². The summed E-state index contributed by atoms with van der Waals surface area (Å²) in [5.74, 6) is -0.290. The molecule has 1 aromatic heterocycles. The van der Waals surface area contributed by atoms with Gasteiger partial charge in [0.15, 0.2) is 0 Å². The van der Waals surface area contributed by atoms with E-state index in [1.807, 2.05) is 26.0 Å². The molecule has 1 heterocycles. The average molecular weight is 490 g/mol. The molecule has 3 aromatic carbocycles. The summed E-state index contributed by atoms with van der Waals surface area (Å²) < 4.78 is 0. The van der Waals surface area contributed by atoms with Crippen LogP contribution in [0.3, 0.4) is 0 Å². The minimum Gasteiger partial charge on any atom is -0.322 e. The van der Waals surface area contributed by atoms with Gasteiger partial charge in [-0.2, -0.15) is 0 Å². The Bertz CT molecular complexity index is 1350. The Morgan fingerprint density at radius 3 is 2.32 bits per heavy atom. The highest BCUT2D eigenvalue weighted by molar-refractivity contribution is 6.42. The topological polar surface area (TPSA) is 42.0 Å². The van der Waals surface area contributed by atoms with Gasteiger partial charge in [-0.1, -0.05) is 58.0 Å². The van der Waals surface area contributed by atoms with E-state index >= 15 is 0 Å². The maximum Gasteiger partial charge on any atom is 0.256 e. The van der Waals surface area contributed by atoms with Gasteiger partial charge in [0.05, 0.1) is 31.8 Å². The van der Waals surface area contributed by atoms with Crippen LogP contribution >= 0.6 is 46.4 Å². The molecule has 0 aliphatic heterocycles. The van der Waals surface area contributed by atoms with E-state index in [1.54, 1.807) is 42.5 Å². The molecule has 156 valence electrons. The summed E-state index contributed by atoms with van der Waals surface area (Å²) in [6, 6.07) is 15.9.